The fourth-order valence-electron chi connectivity index (χ4n) is 5.30. The molecule has 2 unspecified atom stereocenters. The van der Waals surface area contributed by atoms with E-state index in [0.29, 0.717) is 12.2 Å². The van der Waals surface area contributed by atoms with Crippen LogP contribution in [-0.4, -0.2) is 81.4 Å². The van der Waals surface area contributed by atoms with Crippen LogP contribution in [0.1, 0.15) is 50.0 Å². The van der Waals surface area contributed by atoms with Crippen LogP contribution in [0.5, 0.6) is 5.75 Å². The van der Waals surface area contributed by atoms with Gasteiger partial charge in [0.25, 0.3) is 5.91 Å². The van der Waals surface area contributed by atoms with Crippen LogP contribution >= 0.6 is 0 Å². The van der Waals surface area contributed by atoms with Gasteiger partial charge in [-0.15, -0.1) is 0 Å². The Morgan fingerprint density at radius 3 is 2.38 bits per heavy atom. The van der Waals surface area contributed by atoms with Crippen molar-refractivity contribution >= 4 is 15.9 Å². The van der Waals surface area contributed by atoms with Gasteiger partial charge in [0.2, 0.25) is 16.3 Å². The third kappa shape index (κ3) is 7.42. The fourth-order valence-corrected chi connectivity index (χ4v) is 6.71. The number of aliphatic hydroxyl groups excluding tert-OH is 1. The minimum Gasteiger partial charge on any atom is -0.497 e. The van der Waals surface area contributed by atoms with Gasteiger partial charge in [0.1, 0.15) is 5.75 Å². The van der Waals surface area contributed by atoms with Gasteiger partial charge in [-0.1, -0.05) is 49.6 Å². The van der Waals surface area contributed by atoms with E-state index in [2.05, 4.69) is 0 Å². The summed E-state index contributed by atoms with van der Waals surface area (Å²) in [6.45, 7) is -0.368. The minimum atomic E-state index is -3.87. The van der Waals surface area contributed by atoms with Gasteiger partial charge in [0, 0.05) is 38.5 Å². The summed E-state index contributed by atoms with van der Waals surface area (Å²) in [5, 5.41) is 9.55. The molecule has 4 rings (SSSR count). The SMILES string of the molecule is COc1ccc(S(=O)(=O)N(CCO)CCOC2CC(c3ccccc3)C=C(C(=O)N(C)C3CCCCC3)O2)cc1. The Bertz CT molecular complexity index is 1230. The third-order valence-corrected chi connectivity index (χ3v) is 9.54. The van der Waals surface area contributed by atoms with Gasteiger partial charge in [-0.3, -0.25) is 4.79 Å². The number of rotatable bonds is 12. The zero-order chi connectivity index (χ0) is 28.5. The molecule has 2 atom stereocenters. The maximum absolute atomic E-state index is 13.5. The van der Waals surface area contributed by atoms with E-state index in [-0.39, 0.29) is 54.8 Å². The number of carbonyl (C=O) groups excluding carboxylic acids is 1. The van der Waals surface area contributed by atoms with Crippen molar-refractivity contribution in [2.45, 2.75) is 61.7 Å². The molecule has 0 saturated heterocycles. The van der Waals surface area contributed by atoms with Gasteiger partial charge in [0.15, 0.2) is 5.76 Å². The number of carbonyl (C=O) groups is 1. The van der Waals surface area contributed by atoms with Crippen molar-refractivity contribution in [1.29, 1.82) is 0 Å². The van der Waals surface area contributed by atoms with Crippen LogP contribution in [-0.2, 0) is 24.3 Å². The van der Waals surface area contributed by atoms with E-state index >= 15 is 0 Å². The first-order valence-electron chi connectivity index (χ1n) is 13.9. The van der Waals surface area contributed by atoms with Gasteiger partial charge < -0.3 is 24.2 Å². The van der Waals surface area contributed by atoms with Gasteiger partial charge in [-0.25, -0.2) is 8.42 Å². The normalized spacial score (nSPS) is 20.1. The summed E-state index contributed by atoms with van der Waals surface area (Å²) in [6, 6.07) is 16.2. The van der Waals surface area contributed by atoms with E-state index in [1.807, 2.05) is 43.5 Å². The molecule has 1 saturated carbocycles. The molecule has 0 spiro atoms. The molecule has 0 radical (unpaired) electrons. The Hall–Kier alpha value is -2.92. The lowest BCUT2D eigenvalue weighted by atomic mass is 9.92. The van der Waals surface area contributed by atoms with Crippen molar-refractivity contribution in [3.63, 3.8) is 0 Å². The molecule has 1 N–H and O–H groups in total. The van der Waals surface area contributed by atoms with Crippen molar-refractivity contribution < 1.29 is 32.5 Å². The summed E-state index contributed by atoms with van der Waals surface area (Å²) in [5.74, 6) is 0.558. The van der Waals surface area contributed by atoms with Crippen molar-refractivity contribution in [3.8, 4) is 5.75 Å². The average Bonchev–Trinajstić information content (AvgIpc) is 3.00. The summed E-state index contributed by atoms with van der Waals surface area (Å²) in [4.78, 5) is 15.4. The topological polar surface area (TPSA) is 106 Å². The monoisotopic (exact) mass is 572 g/mol. The Kier molecular flexibility index (Phi) is 10.6. The molecule has 0 bridgehead atoms. The van der Waals surface area contributed by atoms with Crippen LogP contribution in [0.25, 0.3) is 0 Å². The number of ether oxygens (including phenoxy) is 3. The number of allylic oxidation sites excluding steroid dienone is 1. The summed E-state index contributed by atoms with van der Waals surface area (Å²) in [5.41, 5.74) is 1.05. The number of hydrogen-bond acceptors (Lipinski definition) is 7. The molecule has 1 heterocycles. The maximum atomic E-state index is 13.5. The summed E-state index contributed by atoms with van der Waals surface area (Å²) in [6.07, 6.45) is 7.04. The molecule has 2 aromatic rings. The second-order valence-corrected chi connectivity index (χ2v) is 12.2. The van der Waals surface area contributed by atoms with Gasteiger partial charge >= 0.3 is 0 Å². The van der Waals surface area contributed by atoms with Crippen LogP contribution in [0, 0.1) is 0 Å². The Morgan fingerprint density at radius 2 is 1.73 bits per heavy atom. The fraction of sp³-hybridized carbons (Fsp3) is 0.500. The number of aliphatic hydroxyl groups is 1. The highest BCUT2D eigenvalue weighted by Crippen LogP contribution is 2.33. The van der Waals surface area contributed by atoms with E-state index in [0.717, 1.165) is 31.2 Å². The Labute approximate surface area is 237 Å². The Morgan fingerprint density at radius 1 is 1.02 bits per heavy atom. The van der Waals surface area contributed by atoms with Crippen LogP contribution < -0.4 is 4.74 Å². The van der Waals surface area contributed by atoms with Crippen LogP contribution in [0.15, 0.2) is 71.3 Å². The van der Waals surface area contributed by atoms with Crippen molar-refractivity contribution in [1.82, 2.24) is 9.21 Å². The zero-order valence-electron chi connectivity index (χ0n) is 23.3. The number of likely N-dealkylation sites (N-methyl/N-ethyl adjacent to an activating group) is 1. The number of sulfonamides is 1. The first kappa shape index (κ1) is 30.0. The molecule has 2 aromatic carbocycles. The highest BCUT2D eigenvalue weighted by molar-refractivity contribution is 7.89. The second kappa shape index (κ2) is 14.1. The first-order chi connectivity index (χ1) is 19.3. The van der Waals surface area contributed by atoms with Crippen LogP contribution in [0.4, 0.5) is 0 Å². The number of nitrogens with zero attached hydrogens (tertiary/aromatic N) is 2. The maximum Gasteiger partial charge on any atom is 0.288 e. The molecule has 2 aliphatic rings. The molecule has 9 nitrogen and oxygen atoms in total. The molecular formula is C30H40N2O7S. The molecular weight excluding hydrogens is 532 g/mol. The van der Waals surface area contributed by atoms with E-state index in [4.69, 9.17) is 14.2 Å². The summed E-state index contributed by atoms with van der Waals surface area (Å²) < 4.78 is 44.9. The molecule has 1 amide bonds. The average molecular weight is 573 g/mol. The summed E-state index contributed by atoms with van der Waals surface area (Å²) in [7, 11) is -0.523. The number of hydrogen-bond donors (Lipinski definition) is 1. The molecule has 218 valence electrons. The highest BCUT2D eigenvalue weighted by atomic mass is 32.2. The van der Waals surface area contributed by atoms with E-state index in [9.17, 15) is 18.3 Å². The molecule has 40 heavy (non-hydrogen) atoms. The zero-order valence-corrected chi connectivity index (χ0v) is 24.1. The quantitative estimate of drug-likeness (QED) is 0.411. The van der Waals surface area contributed by atoms with Crippen molar-refractivity contribution in [2.24, 2.45) is 0 Å². The van der Waals surface area contributed by atoms with Gasteiger partial charge in [-0.2, -0.15) is 4.31 Å². The molecule has 1 aliphatic carbocycles. The predicted octanol–water partition coefficient (Wildman–Crippen LogP) is 3.90. The molecule has 1 fully saturated rings. The van der Waals surface area contributed by atoms with E-state index < -0.39 is 16.3 Å². The molecule has 1 aliphatic heterocycles. The van der Waals surface area contributed by atoms with E-state index in [1.54, 1.807) is 17.0 Å². The first-order valence-corrected chi connectivity index (χ1v) is 15.3. The number of amides is 1. The lowest BCUT2D eigenvalue weighted by molar-refractivity contribution is -0.153. The van der Waals surface area contributed by atoms with Gasteiger partial charge in [0.05, 0.1) is 25.2 Å². The van der Waals surface area contributed by atoms with Crippen molar-refractivity contribution in [2.75, 3.05) is 40.5 Å². The smallest absolute Gasteiger partial charge is 0.288 e. The molecule has 0 aromatic heterocycles. The van der Waals surface area contributed by atoms with Crippen LogP contribution in [0.2, 0.25) is 0 Å². The third-order valence-electron chi connectivity index (χ3n) is 7.63. The Balaban J connectivity index is 1.45. The number of benzene rings is 2. The standard InChI is InChI=1S/C30H40N2O7S/c1-31(25-11-7-4-8-12-25)30(34)28-21-24(23-9-5-3-6-10-23)22-29(39-28)38-20-18-32(17-19-33)40(35,36)27-15-13-26(37-2)14-16-27/h3,5-6,9-10,13-16,21,24-25,29,33H,4,7-8,11-12,17-20,22H2,1-2H3. The summed E-state index contributed by atoms with van der Waals surface area (Å²) >= 11 is 0. The number of methoxy groups -OCH3 is 1. The minimum absolute atomic E-state index is 0.0136. The second-order valence-electron chi connectivity index (χ2n) is 10.2. The molecule has 10 heteroatoms. The van der Waals surface area contributed by atoms with Crippen molar-refractivity contribution in [3.05, 3.63) is 72.0 Å². The predicted molar refractivity (Wildman–Crippen MR) is 151 cm³/mol. The van der Waals surface area contributed by atoms with E-state index in [1.165, 1.54) is 30.0 Å². The lowest BCUT2D eigenvalue weighted by Crippen LogP contribution is -2.41. The largest absolute Gasteiger partial charge is 0.497 e. The van der Waals surface area contributed by atoms with Gasteiger partial charge in [-0.05, 0) is 48.7 Å². The highest BCUT2D eigenvalue weighted by Gasteiger charge is 2.33. The van der Waals surface area contributed by atoms with Crippen LogP contribution in [0.3, 0.4) is 0 Å². The lowest BCUT2D eigenvalue weighted by Gasteiger charge is -2.35.